The van der Waals surface area contributed by atoms with E-state index in [1.54, 1.807) is 18.4 Å². The summed E-state index contributed by atoms with van der Waals surface area (Å²) in [7, 11) is 1.79. The van der Waals surface area contributed by atoms with E-state index < -0.39 is 0 Å². The Labute approximate surface area is 138 Å². The topological polar surface area (TPSA) is 25.4 Å². The molecule has 0 N–H and O–H groups in total. The number of likely N-dealkylation sites (tertiary alicyclic amines) is 1. The Balaban J connectivity index is 1.62. The van der Waals surface area contributed by atoms with Gasteiger partial charge in [-0.15, -0.1) is 11.3 Å². The Morgan fingerprint density at radius 2 is 2.19 bits per heavy atom. The molecule has 2 aromatic rings. The van der Waals surface area contributed by atoms with Crippen molar-refractivity contribution < 1.29 is 4.74 Å². The molecule has 21 heavy (non-hydrogen) atoms. The number of halogens is 1. The van der Waals surface area contributed by atoms with Crippen molar-refractivity contribution in [3.05, 3.63) is 39.8 Å². The molecule has 0 radical (unpaired) electrons. The molecule has 3 nitrogen and oxygen atoms in total. The number of nitrogens with zero attached hydrogens (tertiary/aromatic N) is 2. The Kier molecular flexibility index (Phi) is 5.06. The average molecular weight is 367 g/mol. The van der Waals surface area contributed by atoms with Crippen molar-refractivity contribution in [2.24, 2.45) is 5.92 Å². The summed E-state index contributed by atoms with van der Waals surface area (Å²) < 4.78 is 6.36. The van der Waals surface area contributed by atoms with Gasteiger partial charge in [-0.2, -0.15) is 0 Å². The third-order valence-electron chi connectivity index (χ3n) is 3.80. The lowest BCUT2D eigenvalue weighted by Gasteiger charge is -2.14. The van der Waals surface area contributed by atoms with E-state index >= 15 is 0 Å². The van der Waals surface area contributed by atoms with Gasteiger partial charge in [0.2, 0.25) is 0 Å². The largest absolute Gasteiger partial charge is 0.384 e. The quantitative estimate of drug-likeness (QED) is 0.798. The van der Waals surface area contributed by atoms with Crippen LogP contribution in [0, 0.1) is 5.92 Å². The molecule has 0 amide bonds. The van der Waals surface area contributed by atoms with E-state index in [0.717, 1.165) is 29.2 Å². The summed E-state index contributed by atoms with van der Waals surface area (Å²) in [5.41, 5.74) is 1.19. The molecule has 0 saturated carbocycles. The molecule has 3 rings (SSSR count). The molecule has 1 aliphatic rings. The van der Waals surface area contributed by atoms with Crippen LogP contribution in [-0.2, 0) is 11.3 Å². The Morgan fingerprint density at radius 3 is 2.95 bits per heavy atom. The van der Waals surface area contributed by atoms with Crippen LogP contribution < -0.4 is 0 Å². The second-order valence-corrected chi connectivity index (χ2v) is 7.51. The molecule has 1 fully saturated rings. The van der Waals surface area contributed by atoms with Gasteiger partial charge in [0.15, 0.2) is 0 Å². The van der Waals surface area contributed by atoms with Crippen LogP contribution in [0.1, 0.15) is 11.3 Å². The molecule has 0 aliphatic carbocycles. The van der Waals surface area contributed by atoms with E-state index in [0.29, 0.717) is 5.92 Å². The van der Waals surface area contributed by atoms with Gasteiger partial charge >= 0.3 is 0 Å². The van der Waals surface area contributed by atoms with E-state index in [9.17, 15) is 0 Å². The normalized spacial score (nSPS) is 19.2. The number of thiazole rings is 1. The summed E-state index contributed by atoms with van der Waals surface area (Å²) in [6.45, 7) is 4.19. The van der Waals surface area contributed by atoms with Crippen LogP contribution in [0.3, 0.4) is 0 Å². The maximum Gasteiger partial charge on any atom is 0.123 e. The molecule has 1 saturated heterocycles. The molecular formula is C16H19BrN2OS. The van der Waals surface area contributed by atoms with Crippen molar-refractivity contribution in [1.29, 1.82) is 0 Å². The first-order chi connectivity index (χ1) is 10.2. The molecule has 112 valence electrons. The average Bonchev–Trinajstić information content (AvgIpc) is 3.11. The fraction of sp³-hybridized carbons (Fsp3) is 0.438. The van der Waals surface area contributed by atoms with Crippen molar-refractivity contribution in [2.45, 2.75) is 13.0 Å². The molecule has 1 aliphatic heterocycles. The Hall–Kier alpha value is -0.750. The van der Waals surface area contributed by atoms with Crippen molar-refractivity contribution >= 4 is 27.3 Å². The van der Waals surface area contributed by atoms with Gasteiger partial charge in [-0.1, -0.05) is 28.1 Å². The minimum Gasteiger partial charge on any atom is -0.384 e. The third-order valence-corrected chi connectivity index (χ3v) is 5.36. The number of aromatic nitrogens is 1. The monoisotopic (exact) mass is 366 g/mol. The number of methoxy groups -OCH3 is 1. The van der Waals surface area contributed by atoms with E-state index in [4.69, 9.17) is 4.74 Å². The number of hydrogen-bond donors (Lipinski definition) is 0. The predicted octanol–water partition coefficient (Wildman–Crippen LogP) is 4.04. The number of hydrogen-bond acceptors (Lipinski definition) is 4. The van der Waals surface area contributed by atoms with E-state index in [2.05, 4.69) is 50.1 Å². The molecule has 1 aromatic heterocycles. The SMILES string of the molecule is COCC1CCN(Cc2cnc(-c3ccc(Br)cc3)s2)C1. The van der Waals surface area contributed by atoms with Crippen molar-refractivity contribution in [3.8, 4) is 10.6 Å². The highest BCUT2D eigenvalue weighted by Gasteiger charge is 2.22. The zero-order chi connectivity index (χ0) is 14.7. The van der Waals surface area contributed by atoms with Crippen LogP contribution in [-0.4, -0.2) is 36.7 Å². The fourth-order valence-corrected chi connectivity index (χ4v) is 3.98. The standard InChI is InChI=1S/C16H19BrN2OS/c1-20-11-12-6-7-19(9-12)10-15-8-18-16(21-15)13-2-4-14(17)5-3-13/h2-5,8,12H,6-7,9-11H2,1H3. The van der Waals surface area contributed by atoms with Crippen molar-refractivity contribution in [1.82, 2.24) is 9.88 Å². The maximum atomic E-state index is 5.26. The second-order valence-electron chi connectivity index (χ2n) is 5.48. The molecule has 1 aromatic carbocycles. The first kappa shape index (κ1) is 15.2. The van der Waals surface area contributed by atoms with Gasteiger partial charge in [0.25, 0.3) is 0 Å². The number of ether oxygens (including phenoxy) is 1. The molecule has 5 heteroatoms. The molecule has 1 atom stereocenters. The summed E-state index contributed by atoms with van der Waals surface area (Å²) >= 11 is 5.26. The molecule has 2 heterocycles. The van der Waals surface area contributed by atoms with Gasteiger partial charge in [-0.05, 0) is 31.0 Å². The number of benzene rings is 1. The molecule has 0 spiro atoms. The van der Waals surface area contributed by atoms with Crippen LogP contribution in [0.15, 0.2) is 34.9 Å². The van der Waals surface area contributed by atoms with Crippen LogP contribution in [0.2, 0.25) is 0 Å². The third kappa shape index (κ3) is 3.92. The minimum absolute atomic E-state index is 0.689. The van der Waals surface area contributed by atoms with E-state index in [-0.39, 0.29) is 0 Å². The smallest absolute Gasteiger partial charge is 0.123 e. The van der Waals surface area contributed by atoms with Gasteiger partial charge in [0, 0.05) is 41.3 Å². The predicted molar refractivity (Wildman–Crippen MR) is 90.5 cm³/mol. The zero-order valence-corrected chi connectivity index (χ0v) is 14.5. The summed E-state index contributed by atoms with van der Waals surface area (Å²) in [6, 6.07) is 8.34. The highest BCUT2D eigenvalue weighted by Crippen LogP contribution is 2.28. The zero-order valence-electron chi connectivity index (χ0n) is 12.1. The Morgan fingerprint density at radius 1 is 1.38 bits per heavy atom. The summed E-state index contributed by atoms with van der Waals surface area (Å²) in [5, 5.41) is 1.10. The van der Waals surface area contributed by atoms with E-state index in [1.165, 1.54) is 23.4 Å². The highest BCUT2D eigenvalue weighted by molar-refractivity contribution is 9.10. The van der Waals surface area contributed by atoms with Gasteiger partial charge in [-0.3, -0.25) is 4.90 Å². The minimum atomic E-state index is 0.689. The lowest BCUT2D eigenvalue weighted by molar-refractivity contribution is 0.153. The first-order valence-corrected chi connectivity index (χ1v) is 8.77. The summed E-state index contributed by atoms with van der Waals surface area (Å²) in [4.78, 5) is 8.41. The van der Waals surface area contributed by atoms with Crippen LogP contribution in [0.4, 0.5) is 0 Å². The molecular weight excluding hydrogens is 348 g/mol. The summed E-state index contributed by atoms with van der Waals surface area (Å²) in [5.74, 6) is 0.689. The van der Waals surface area contributed by atoms with Crippen molar-refractivity contribution in [3.63, 3.8) is 0 Å². The summed E-state index contributed by atoms with van der Waals surface area (Å²) in [6.07, 6.45) is 3.26. The van der Waals surface area contributed by atoms with Crippen LogP contribution >= 0.6 is 27.3 Å². The van der Waals surface area contributed by atoms with Gasteiger partial charge in [0.05, 0.1) is 6.61 Å². The number of rotatable bonds is 5. The van der Waals surface area contributed by atoms with Crippen LogP contribution in [0.25, 0.3) is 10.6 Å². The highest BCUT2D eigenvalue weighted by atomic mass is 79.9. The van der Waals surface area contributed by atoms with Gasteiger partial charge < -0.3 is 4.74 Å². The lowest BCUT2D eigenvalue weighted by atomic mass is 10.1. The van der Waals surface area contributed by atoms with Crippen LogP contribution in [0.5, 0.6) is 0 Å². The molecule has 1 unspecified atom stereocenters. The first-order valence-electron chi connectivity index (χ1n) is 7.16. The van der Waals surface area contributed by atoms with Crippen molar-refractivity contribution in [2.75, 3.05) is 26.8 Å². The van der Waals surface area contributed by atoms with Gasteiger partial charge in [0.1, 0.15) is 5.01 Å². The molecule has 0 bridgehead atoms. The Bertz CT molecular complexity index is 584. The fourth-order valence-electron chi connectivity index (χ4n) is 2.76. The maximum absolute atomic E-state index is 5.26. The van der Waals surface area contributed by atoms with E-state index in [1.807, 2.05) is 6.20 Å². The second kappa shape index (κ2) is 7.01. The van der Waals surface area contributed by atoms with Gasteiger partial charge in [-0.25, -0.2) is 4.98 Å². The lowest BCUT2D eigenvalue weighted by Crippen LogP contribution is -2.20.